The number of nitrogens with zero attached hydrogens (tertiary/aromatic N) is 1. The number of carbonyl (C=O) groups is 3. The van der Waals surface area contributed by atoms with E-state index in [9.17, 15) is 18.8 Å². The van der Waals surface area contributed by atoms with Crippen LogP contribution in [-0.4, -0.2) is 40.7 Å². The van der Waals surface area contributed by atoms with Gasteiger partial charge in [-0.25, -0.2) is 9.18 Å². The average Bonchev–Trinajstić information content (AvgIpc) is 2.96. The lowest BCUT2D eigenvalue weighted by Crippen LogP contribution is -2.41. The number of amides is 1. The summed E-state index contributed by atoms with van der Waals surface area (Å²) in [4.78, 5) is 42.7. The van der Waals surface area contributed by atoms with Gasteiger partial charge in [-0.05, 0) is 56.9 Å². The van der Waals surface area contributed by atoms with E-state index in [0.717, 1.165) is 24.8 Å². The molecule has 1 fully saturated rings. The predicted octanol–water partition coefficient (Wildman–Crippen LogP) is 3.96. The van der Waals surface area contributed by atoms with Crippen molar-refractivity contribution in [3.8, 4) is 0 Å². The number of rotatable bonds is 8. The highest BCUT2D eigenvalue weighted by atomic mass is 19.1. The molecule has 2 aromatic rings. The van der Waals surface area contributed by atoms with Gasteiger partial charge in [0.2, 0.25) is 5.91 Å². The minimum atomic E-state index is -0.508. The quantitative estimate of drug-likeness (QED) is 0.524. The number of benzene rings is 1. The second kappa shape index (κ2) is 9.24. The number of nitrogens with one attached hydrogen (secondary N) is 1. The van der Waals surface area contributed by atoms with Crippen LogP contribution in [0.2, 0.25) is 0 Å². The van der Waals surface area contributed by atoms with Gasteiger partial charge in [-0.1, -0.05) is 18.6 Å². The van der Waals surface area contributed by atoms with Gasteiger partial charge in [-0.15, -0.1) is 0 Å². The zero-order chi connectivity index (χ0) is 21.8. The molecule has 0 atom stereocenters. The molecule has 0 bridgehead atoms. The summed E-state index contributed by atoms with van der Waals surface area (Å²) in [5.41, 5.74) is 2.51. The molecule has 3 rings (SSSR count). The second-order valence-corrected chi connectivity index (χ2v) is 7.72. The van der Waals surface area contributed by atoms with Crippen LogP contribution < -0.4 is 0 Å². The zero-order valence-corrected chi connectivity index (χ0v) is 17.6. The lowest BCUT2D eigenvalue weighted by molar-refractivity contribution is -0.138. The van der Waals surface area contributed by atoms with Crippen LogP contribution in [0.25, 0.3) is 0 Å². The Bertz CT molecular complexity index is 945. The molecule has 0 aliphatic heterocycles. The number of esters is 1. The highest BCUT2D eigenvalue weighted by Crippen LogP contribution is 2.29. The van der Waals surface area contributed by atoms with Gasteiger partial charge in [0, 0.05) is 23.7 Å². The maximum atomic E-state index is 13.2. The Hall–Kier alpha value is -2.96. The number of Topliss-reactive ketones (excluding diaryl/α,β-unsaturated/α-hetero) is 1. The fourth-order valence-electron chi connectivity index (χ4n) is 3.76. The lowest BCUT2D eigenvalue weighted by atomic mass is 9.84. The Balaban J connectivity index is 1.83. The summed E-state index contributed by atoms with van der Waals surface area (Å²) in [6.07, 6.45) is 2.65. The zero-order valence-electron chi connectivity index (χ0n) is 17.6. The molecule has 1 saturated carbocycles. The molecule has 160 valence electrons. The number of ether oxygens (including phenoxy) is 1. The van der Waals surface area contributed by atoms with E-state index in [0.29, 0.717) is 16.8 Å². The van der Waals surface area contributed by atoms with E-state index in [2.05, 4.69) is 4.98 Å². The van der Waals surface area contributed by atoms with Crippen molar-refractivity contribution >= 4 is 17.7 Å². The Morgan fingerprint density at radius 1 is 1.17 bits per heavy atom. The average molecular weight is 414 g/mol. The molecule has 6 nitrogen and oxygen atoms in total. The molecule has 0 unspecified atom stereocenters. The summed E-state index contributed by atoms with van der Waals surface area (Å²) in [5, 5.41) is 0. The highest BCUT2D eigenvalue weighted by Gasteiger charge is 2.32. The van der Waals surface area contributed by atoms with Crippen molar-refractivity contribution in [1.29, 1.82) is 0 Å². The number of hydrogen-bond acceptors (Lipinski definition) is 4. The van der Waals surface area contributed by atoms with Crippen molar-refractivity contribution in [3.05, 3.63) is 58.2 Å². The molecular formula is C23H27FN2O4. The van der Waals surface area contributed by atoms with Gasteiger partial charge in [0.25, 0.3) is 0 Å². The number of aromatic amines is 1. The number of aryl methyl sites for hydroxylation is 1. The third kappa shape index (κ3) is 4.61. The molecule has 1 aromatic carbocycles. The standard InChI is InChI=1S/C23H27FN2O4/c1-4-30-23(29)21-14(2)20(15(3)25-21)19(27)13-26(22(28)17-6-5-7-17)12-16-8-10-18(24)11-9-16/h8-11,17,25H,4-7,12-13H2,1-3H3. The summed E-state index contributed by atoms with van der Waals surface area (Å²) in [7, 11) is 0. The van der Waals surface area contributed by atoms with E-state index in [-0.39, 0.29) is 48.8 Å². The molecule has 30 heavy (non-hydrogen) atoms. The monoisotopic (exact) mass is 414 g/mol. The minimum Gasteiger partial charge on any atom is -0.461 e. The van der Waals surface area contributed by atoms with Crippen molar-refractivity contribution in [2.75, 3.05) is 13.2 Å². The number of hydrogen-bond donors (Lipinski definition) is 1. The van der Waals surface area contributed by atoms with Crippen molar-refractivity contribution in [3.63, 3.8) is 0 Å². The summed E-state index contributed by atoms with van der Waals surface area (Å²) in [5.74, 6) is -1.23. The first-order chi connectivity index (χ1) is 14.3. The first kappa shape index (κ1) is 21.7. The van der Waals surface area contributed by atoms with Crippen LogP contribution in [0.15, 0.2) is 24.3 Å². The van der Waals surface area contributed by atoms with Gasteiger partial charge < -0.3 is 14.6 Å². The van der Waals surface area contributed by atoms with Gasteiger partial charge in [-0.3, -0.25) is 9.59 Å². The van der Waals surface area contributed by atoms with Crippen LogP contribution in [0, 0.1) is 25.6 Å². The highest BCUT2D eigenvalue weighted by molar-refractivity contribution is 6.04. The van der Waals surface area contributed by atoms with Crippen LogP contribution >= 0.6 is 0 Å². The van der Waals surface area contributed by atoms with Gasteiger partial charge in [-0.2, -0.15) is 0 Å². The van der Waals surface area contributed by atoms with Crippen molar-refractivity contribution in [1.82, 2.24) is 9.88 Å². The molecule has 1 N–H and O–H groups in total. The summed E-state index contributed by atoms with van der Waals surface area (Å²) >= 11 is 0. The van der Waals surface area contributed by atoms with E-state index in [4.69, 9.17) is 4.74 Å². The second-order valence-electron chi connectivity index (χ2n) is 7.72. The Labute approximate surface area is 175 Å². The fourth-order valence-corrected chi connectivity index (χ4v) is 3.76. The van der Waals surface area contributed by atoms with E-state index in [1.807, 2.05) is 0 Å². The van der Waals surface area contributed by atoms with Crippen LogP contribution in [0.5, 0.6) is 0 Å². The van der Waals surface area contributed by atoms with Gasteiger partial charge >= 0.3 is 5.97 Å². The molecule has 0 spiro atoms. The topological polar surface area (TPSA) is 79.5 Å². The Morgan fingerprint density at radius 2 is 1.83 bits per heavy atom. The maximum Gasteiger partial charge on any atom is 0.355 e. The predicted molar refractivity (Wildman–Crippen MR) is 110 cm³/mol. The summed E-state index contributed by atoms with van der Waals surface area (Å²) in [6, 6.07) is 5.92. The molecule has 1 heterocycles. The van der Waals surface area contributed by atoms with E-state index in [1.54, 1.807) is 32.9 Å². The van der Waals surface area contributed by atoms with Crippen molar-refractivity contribution in [2.24, 2.45) is 5.92 Å². The number of aromatic nitrogens is 1. The lowest BCUT2D eigenvalue weighted by Gasteiger charge is -2.31. The largest absolute Gasteiger partial charge is 0.461 e. The maximum absolute atomic E-state index is 13.2. The van der Waals surface area contributed by atoms with Crippen molar-refractivity contribution in [2.45, 2.75) is 46.6 Å². The van der Waals surface area contributed by atoms with Crippen LogP contribution in [-0.2, 0) is 16.1 Å². The number of halogens is 1. The van der Waals surface area contributed by atoms with Crippen molar-refractivity contribution < 1.29 is 23.5 Å². The van der Waals surface area contributed by atoms with E-state index >= 15 is 0 Å². The van der Waals surface area contributed by atoms with E-state index in [1.165, 1.54) is 17.0 Å². The van der Waals surface area contributed by atoms with Crippen LogP contribution in [0.4, 0.5) is 4.39 Å². The molecule has 0 radical (unpaired) electrons. The number of ketones is 1. The molecule has 0 saturated heterocycles. The molecule has 1 aliphatic rings. The molecular weight excluding hydrogens is 387 g/mol. The van der Waals surface area contributed by atoms with Gasteiger partial charge in [0.15, 0.2) is 5.78 Å². The first-order valence-electron chi connectivity index (χ1n) is 10.2. The number of carbonyl (C=O) groups excluding carboxylic acids is 3. The van der Waals surface area contributed by atoms with Crippen LogP contribution in [0.1, 0.15) is 63.9 Å². The first-order valence-corrected chi connectivity index (χ1v) is 10.2. The fraction of sp³-hybridized carbons (Fsp3) is 0.435. The Kier molecular flexibility index (Phi) is 6.70. The molecule has 1 amide bonds. The Morgan fingerprint density at radius 3 is 2.40 bits per heavy atom. The van der Waals surface area contributed by atoms with E-state index < -0.39 is 5.97 Å². The molecule has 1 aliphatic carbocycles. The molecule has 1 aromatic heterocycles. The third-order valence-electron chi connectivity index (χ3n) is 5.58. The smallest absolute Gasteiger partial charge is 0.355 e. The minimum absolute atomic E-state index is 0.0598. The summed E-state index contributed by atoms with van der Waals surface area (Å²) in [6.45, 7) is 5.50. The molecule has 7 heteroatoms. The SMILES string of the molecule is CCOC(=O)c1[nH]c(C)c(C(=O)CN(Cc2ccc(F)cc2)C(=O)C2CCC2)c1C. The third-order valence-corrected chi connectivity index (χ3v) is 5.58. The summed E-state index contributed by atoms with van der Waals surface area (Å²) < 4.78 is 18.3. The van der Waals surface area contributed by atoms with Gasteiger partial charge in [0.1, 0.15) is 11.5 Å². The van der Waals surface area contributed by atoms with Gasteiger partial charge in [0.05, 0.1) is 13.2 Å². The van der Waals surface area contributed by atoms with Crippen LogP contribution in [0.3, 0.4) is 0 Å². The normalized spacial score (nSPS) is 13.6. The number of H-pyrrole nitrogens is 1.